The number of hydrogen-bond acceptors (Lipinski definition) is 10. The third kappa shape index (κ3) is 6.76. The Hall–Kier alpha value is -4.48. The van der Waals surface area contributed by atoms with Crippen molar-refractivity contribution in [3.05, 3.63) is 65.1 Å². The highest BCUT2D eigenvalue weighted by molar-refractivity contribution is 5.77. The number of amides is 1. The van der Waals surface area contributed by atoms with E-state index in [2.05, 4.69) is 46.3 Å². The van der Waals surface area contributed by atoms with Crippen molar-refractivity contribution >= 4 is 23.5 Å². The van der Waals surface area contributed by atoms with Gasteiger partial charge in [-0.25, -0.2) is 4.98 Å². The van der Waals surface area contributed by atoms with Crippen LogP contribution in [-0.2, 0) is 30.6 Å². The van der Waals surface area contributed by atoms with Crippen LogP contribution in [0.15, 0.2) is 41.1 Å². The molecular formula is C23H27N9O3. The number of ether oxygens (including phenoxy) is 1. The number of carbonyl (C=O) groups excluding carboxylic acids is 1. The topological polar surface area (TPSA) is 156 Å². The second-order valence-electron chi connectivity index (χ2n) is 7.80. The van der Waals surface area contributed by atoms with E-state index < -0.39 is 0 Å². The highest BCUT2D eigenvalue weighted by Crippen LogP contribution is 2.18. The summed E-state index contributed by atoms with van der Waals surface area (Å²) in [6.07, 6.45) is 3.19. The van der Waals surface area contributed by atoms with Gasteiger partial charge in [-0.2, -0.15) is 10.1 Å². The van der Waals surface area contributed by atoms with E-state index in [0.29, 0.717) is 54.2 Å². The zero-order chi connectivity index (χ0) is 24.6. The van der Waals surface area contributed by atoms with Gasteiger partial charge < -0.3 is 25.2 Å². The molecule has 0 unspecified atom stereocenters. The molecule has 0 atom stereocenters. The van der Waals surface area contributed by atoms with Crippen LogP contribution >= 0.6 is 0 Å². The van der Waals surface area contributed by atoms with Crippen LogP contribution in [0, 0.1) is 6.92 Å². The number of nitrogens with one attached hydrogen (secondary N) is 4. The fourth-order valence-electron chi connectivity index (χ4n) is 3.34. The van der Waals surface area contributed by atoms with Crippen molar-refractivity contribution in [2.45, 2.75) is 32.7 Å². The van der Waals surface area contributed by atoms with Gasteiger partial charge >= 0.3 is 0 Å². The number of nitrogens with zero attached hydrogens (tertiary/aromatic N) is 5. The van der Waals surface area contributed by atoms with Gasteiger partial charge in [0, 0.05) is 48.9 Å². The molecule has 0 spiro atoms. The Labute approximate surface area is 201 Å². The van der Waals surface area contributed by atoms with Crippen LogP contribution < -0.4 is 20.7 Å². The summed E-state index contributed by atoms with van der Waals surface area (Å²) >= 11 is 0. The van der Waals surface area contributed by atoms with E-state index in [4.69, 9.17) is 9.26 Å². The first kappa shape index (κ1) is 23.7. The van der Waals surface area contributed by atoms with Gasteiger partial charge in [0.2, 0.25) is 11.9 Å². The van der Waals surface area contributed by atoms with E-state index in [0.717, 1.165) is 17.1 Å². The molecule has 1 amide bonds. The summed E-state index contributed by atoms with van der Waals surface area (Å²) < 4.78 is 10.5. The number of H-pyrrole nitrogens is 1. The predicted molar refractivity (Wildman–Crippen MR) is 128 cm³/mol. The van der Waals surface area contributed by atoms with E-state index in [-0.39, 0.29) is 12.3 Å². The summed E-state index contributed by atoms with van der Waals surface area (Å²) in [5.74, 6) is 2.96. The maximum atomic E-state index is 11.7. The van der Waals surface area contributed by atoms with Crippen LogP contribution in [-0.4, -0.2) is 50.4 Å². The minimum absolute atomic E-state index is 0.0999. The monoisotopic (exact) mass is 477 g/mol. The molecule has 0 aromatic carbocycles. The average Bonchev–Trinajstić information content (AvgIpc) is 3.49. The van der Waals surface area contributed by atoms with Crippen LogP contribution in [0.5, 0.6) is 5.75 Å². The largest absolute Gasteiger partial charge is 0.497 e. The number of aromatic nitrogens is 6. The lowest BCUT2D eigenvalue weighted by atomic mass is 10.1. The van der Waals surface area contributed by atoms with Crippen molar-refractivity contribution in [1.29, 1.82) is 0 Å². The highest BCUT2D eigenvalue weighted by Gasteiger charge is 2.10. The van der Waals surface area contributed by atoms with E-state index in [1.165, 1.54) is 0 Å². The van der Waals surface area contributed by atoms with Crippen molar-refractivity contribution in [3.63, 3.8) is 0 Å². The number of aromatic amines is 1. The Bertz CT molecular complexity index is 1280. The van der Waals surface area contributed by atoms with Gasteiger partial charge in [0.25, 0.3) is 0 Å². The Balaban J connectivity index is 1.34. The van der Waals surface area contributed by atoms with Crippen molar-refractivity contribution in [2.75, 3.05) is 24.8 Å². The molecule has 0 radical (unpaired) electrons. The number of aryl methyl sites for hydroxylation is 3. The van der Waals surface area contributed by atoms with Gasteiger partial charge in [-0.05, 0) is 25.8 Å². The van der Waals surface area contributed by atoms with Gasteiger partial charge in [-0.15, -0.1) is 0 Å². The summed E-state index contributed by atoms with van der Waals surface area (Å²) in [5, 5.41) is 20.1. The Morgan fingerprint density at radius 2 is 1.97 bits per heavy atom. The summed E-state index contributed by atoms with van der Waals surface area (Å²) in [5.41, 5.74) is 3.25. The molecule has 182 valence electrons. The van der Waals surface area contributed by atoms with E-state index in [1.807, 2.05) is 25.1 Å². The number of rotatable bonds is 11. The normalized spacial score (nSPS) is 10.7. The number of carbonyl (C=O) groups is 1. The molecule has 4 rings (SSSR count). The molecule has 4 aromatic rings. The van der Waals surface area contributed by atoms with Gasteiger partial charge in [-0.1, -0.05) is 5.16 Å². The zero-order valence-electron chi connectivity index (χ0n) is 19.8. The minimum atomic E-state index is -0.0999. The van der Waals surface area contributed by atoms with Crippen LogP contribution in [0.1, 0.15) is 28.5 Å². The molecule has 12 nitrogen and oxygen atoms in total. The summed E-state index contributed by atoms with van der Waals surface area (Å²) in [6.45, 7) is 2.30. The van der Waals surface area contributed by atoms with Crippen molar-refractivity contribution in [1.82, 2.24) is 35.6 Å². The second-order valence-corrected chi connectivity index (χ2v) is 7.80. The first-order chi connectivity index (χ1) is 17.0. The molecule has 12 heteroatoms. The van der Waals surface area contributed by atoms with E-state index >= 15 is 0 Å². The molecule has 4 N–H and O–H groups in total. The van der Waals surface area contributed by atoms with Gasteiger partial charge in [0.1, 0.15) is 11.6 Å². The Morgan fingerprint density at radius 1 is 1.11 bits per heavy atom. The maximum Gasteiger partial charge on any atom is 0.225 e. The van der Waals surface area contributed by atoms with Crippen LogP contribution in [0.4, 0.5) is 17.6 Å². The van der Waals surface area contributed by atoms with Crippen LogP contribution in [0.3, 0.4) is 0 Å². The molecule has 0 saturated carbocycles. The number of anilines is 3. The molecule has 0 bridgehead atoms. The third-order valence-electron chi connectivity index (χ3n) is 5.05. The van der Waals surface area contributed by atoms with Gasteiger partial charge in [0.15, 0.2) is 11.6 Å². The Kier molecular flexibility index (Phi) is 7.50. The number of likely N-dealkylation sites (N-methyl/N-ethyl adjacent to an activating group) is 1. The summed E-state index contributed by atoms with van der Waals surface area (Å²) in [4.78, 5) is 25.0. The fraction of sp³-hybridized carbons (Fsp3) is 0.304. The van der Waals surface area contributed by atoms with E-state index in [9.17, 15) is 4.79 Å². The van der Waals surface area contributed by atoms with E-state index in [1.54, 1.807) is 32.5 Å². The molecule has 4 heterocycles. The predicted octanol–water partition coefficient (Wildman–Crippen LogP) is 2.33. The molecule has 35 heavy (non-hydrogen) atoms. The minimum Gasteiger partial charge on any atom is -0.497 e. The summed E-state index contributed by atoms with van der Waals surface area (Å²) in [6, 6.07) is 9.17. The standard InChI is InChI=1S/C23H27N9O3/c1-14-8-19(35-32-14)13-26-23-25-7-6-20(29-23)28-21-11-16(30-31-21)5-4-15-9-18(34-3)10-17(27-15)12-22(33)24-2/h6-11H,4-5,12-13H2,1-3H3,(H,24,33)(H3,25,26,28,29,30,31). The lowest BCUT2D eigenvalue weighted by Gasteiger charge is -2.08. The fourth-order valence-corrected chi connectivity index (χ4v) is 3.34. The summed E-state index contributed by atoms with van der Waals surface area (Å²) in [7, 11) is 3.20. The zero-order valence-corrected chi connectivity index (χ0v) is 19.8. The van der Waals surface area contributed by atoms with Crippen molar-refractivity contribution < 1.29 is 14.1 Å². The van der Waals surface area contributed by atoms with Gasteiger partial charge in [-0.3, -0.25) is 14.9 Å². The molecular weight excluding hydrogens is 450 g/mol. The average molecular weight is 478 g/mol. The molecule has 0 aliphatic carbocycles. The SMILES string of the molecule is CNC(=O)Cc1cc(OC)cc(CCc2cc(Nc3ccnc(NCc4cc(C)no4)n3)n[nH]2)n1. The molecule has 0 fully saturated rings. The molecule has 0 saturated heterocycles. The second kappa shape index (κ2) is 11.1. The lowest BCUT2D eigenvalue weighted by Crippen LogP contribution is -2.20. The third-order valence-corrected chi connectivity index (χ3v) is 5.05. The van der Waals surface area contributed by atoms with Crippen LogP contribution in [0.2, 0.25) is 0 Å². The van der Waals surface area contributed by atoms with Crippen molar-refractivity contribution in [2.24, 2.45) is 0 Å². The first-order valence-corrected chi connectivity index (χ1v) is 11.1. The molecule has 0 aliphatic heterocycles. The number of methoxy groups -OCH3 is 1. The van der Waals surface area contributed by atoms with Crippen LogP contribution in [0.25, 0.3) is 0 Å². The molecule has 0 aliphatic rings. The van der Waals surface area contributed by atoms with Gasteiger partial charge in [0.05, 0.1) is 31.5 Å². The maximum absolute atomic E-state index is 11.7. The number of pyridine rings is 1. The first-order valence-electron chi connectivity index (χ1n) is 11.1. The molecule has 4 aromatic heterocycles. The smallest absolute Gasteiger partial charge is 0.225 e. The highest BCUT2D eigenvalue weighted by atomic mass is 16.5. The Morgan fingerprint density at radius 3 is 2.74 bits per heavy atom. The number of hydrogen-bond donors (Lipinski definition) is 4. The quantitative estimate of drug-likeness (QED) is 0.253. The lowest BCUT2D eigenvalue weighted by molar-refractivity contribution is -0.120. The van der Waals surface area contributed by atoms with Crippen molar-refractivity contribution in [3.8, 4) is 5.75 Å².